The van der Waals surface area contributed by atoms with Gasteiger partial charge < -0.3 is 4.42 Å². The molecule has 0 atom stereocenters. The van der Waals surface area contributed by atoms with Crippen molar-refractivity contribution in [3.63, 3.8) is 0 Å². The summed E-state index contributed by atoms with van der Waals surface area (Å²) >= 11 is 0. The molecule has 0 spiro atoms. The molecule has 2 rings (SSSR count). The summed E-state index contributed by atoms with van der Waals surface area (Å²) in [7, 11) is -3.67. The number of sulfonamides is 1. The monoisotopic (exact) mass is 306 g/mol. The van der Waals surface area contributed by atoms with Crippen LogP contribution in [0, 0.1) is 0 Å². The van der Waals surface area contributed by atoms with Crippen LogP contribution in [0.2, 0.25) is 0 Å². The Morgan fingerprint density at radius 1 is 1.14 bits per heavy atom. The van der Waals surface area contributed by atoms with Crippen molar-refractivity contribution in [1.29, 1.82) is 0 Å². The maximum atomic E-state index is 12.1. The largest absolute Gasteiger partial charge is 0.463 e. The van der Waals surface area contributed by atoms with Gasteiger partial charge in [-0.3, -0.25) is 0 Å². The normalized spacial score (nSPS) is 12.7. The SMILES string of the molecule is CC(C)(C)c1ccc(S(=O)(=O)N/N=C/c2ccco2)cc1. The van der Waals surface area contributed by atoms with Crippen LogP contribution in [-0.4, -0.2) is 14.6 Å². The molecule has 0 fully saturated rings. The predicted octanol–water partition coefficient (Wildman–Crippen LogP) is 2.89. The van der Waals surface area contributed by atoms with Gasteiger partial charge in [0.2, 0.25) is 0 Å². The molecule has 0 amide bonds. The fraction of sp³-hybridized carbons (Fsp3) is 0.267. The van der Waals surface area contributed by atoms with E-state index in [1.165, 1.54) is 12.5 Å². The van der Waals surface area contributed by atoms with Gasteiger partial charge in [-0.2, -0.15) is 18.4 Å². The Morgan fingerprint density at radius 2 is 1.81 bits per heavy atom. The van der Waals surface area contributed by atoms with E-state index >= 15 is 0 Å². The van der Waals surface area contributed by atoms with Gasteiger partial charge in [-0.1, -0.05) is 32.9 Å². The number of hydrogen-bond acceptors (Lipinski definition) is 4. The van der Waals surface area contributed by atoms with Crippen molar-refractivity contribution in [1.82, 2.24) is 4.83 Å². The molecule has 21 heavy (non-hydrogen) atoms. The fourth-order valence-electron chi connectivity index (χ4n) is 1.71. The summed E-state index contributed by atoms with van der Waals surface area (Å²) in [4.78, 5) is 2.33. The Labute approximate surface area is 124 Å². The molecule has 0 radical (unpaired) electrons. The van der Waals surface area contributed by atoms with Gasteiger partial charge in [0.25, 0.3) is 10.0 Å². The zero-order valence-corrected chi connectivity index (χ0v) is 13.0. The van der Waals surface area contributed by atoms with Gasteiger partial charge in [0.05, 0.1) is 17.4 Å². The highest BCUT2D eigenvalue weighted by Crippen LogP contribution is 2.23. The van der Waals surface area contributed by atoms with Crippen LogP contribution < -0.4 is 4.83 Å². The second-order valence-corrected chi connectivity index (χ2v) is 7.30. The number of nitrogens with zero attached hydrogens (tertiary/aromatic N) is 1. The zero-order chi connectivity index (χ0) is 15.5. The fourth-order valence-corrected chi connectivity index (χ4v) is 2.50. The van der Waals surface area contributed by atoms with E-state index in [4.69, 9.17) is 4.42 Å². The summed E-state index contributed by atoms with van der Waals surface area (Å²) in [6, 6.07) is 10.1. The third-order valence-corrected chi connectivity index (χ3v) is 4.18. The molecular weight excluding hydrogens is 288 g/mol. The average Bonchev–Trinajstić information content (AvgIpc) is 2.91. The van der Waals surface area contributed by atoms with E-state index in [9.17, 15) is 8.42 Å². The summed E-state index contributed by atoms with van der Waals surface area (Å²) in [5.74, 6) is 0.473. The minimum atomic E-state index is -3.67. The molecule has 2 aromatic rings. The molecule has 1 N–H and O–H groups in total. The minimum absolute atomic E-state index is 0.0207. The van der Waals surface area contributed by atoms with E-state index in [-0.39, 0.29) is 10.3 Å². The summed E-state index contributed by atoms with van der Waals surface area (Å²) < 4.78 is 29.2. The summed E-state index contributed by atoms with van der Waals surface area (Å²) in [5, 5.41) is 3.68. The molecule has 1 aromatic heterocycles. The lowest BCUT2D eigenvalue weighted by Gasteiger charge is -2.19. The second kappa shape index (κ2) is 5.73. The van der Waals surface area contributed by atoms with Crippen molar-refractivity contribution in [3.05, 3.63) is 54.0 Å². The van der Waals surface area contributed by atoms with Gasteiger partial charge in [0.15, 0.2) is 0 Å². The molecule has 0 unspecified atom stereocenters. The molecule has 0 aliphatic rings. The van der Waals surface area contributed by atoms with Gasteiger partial charge >= 0.3 is 0 Å². The Balaban J connectivity index is 2.12. The third kappa shape index (κ3) is 3.95. The molecule has 0 bridgehead atoms. The van der Waals surface area contributed by atoms with Crippen LogP contribution in [0.4, 0.5) is 0 Å². The van der Waals surface area contributed by atoms with Crippen molar-refractivity contribution >= 4 is 16.2 Å². The molecule has 1 aromatic carbocycles. The lowest BCUT2D eigenvalue weighted by atomic mass is 9.87. The highest BCUT2D eigenvalue weighted by atomic mass is 32.2. The first kappa shape index (κ1) is 15.3. The average molecular weight is 306 g/mol. The van der Waals surface area contributed by atoms with Gasteiger partial charge in [-0.25, -0.2) is 0 Å². The highest BCUT2D eigenvalue weighted by molar-refractivity contribution is 7.89. The zero-order valence-electron chi connectivity index (χ0n) is 12.2. The van der Waals surface area contributed by atoms with E-state index in [1.54, 1.807) is 24.3 Å². The maximum absolute atomic E-state index is 12.1. The van der Waals surface area contributed by atoms with Gasteiger partial charge in [-0.15, -0.1) is 0 Å². The molecule has 6 heteroatoms. The standard InChI is InChI=1S/C15H18N2O3S/c1-15(2,3)12-6-8-14(9-7-12)21(18,19)17-16-11-13-5-4-10-20-13/h4-11,17H,1-3H3/b16-11+. The number of furan rings is 1. The molecule has 5 nitrogen and oxygen atoms in total. The minimum Gasteiger partial charge on any atom is -0.463 e. The summed E-state index contributed by atoms with van der Waals surface area (Å²) in [6.45, 7) is 6.22. The molecular formula is C15H18N2O3S. The summed E-state index contributed by atoms with van der Waals surface area (Å²) in [5.41, 5.74) is 1.05. The van der Waals surface area contributed by atoms with Crippen LogP contribution in [0.1, 0.15) is 32.1 Å². The summed E-state index contributed by atoms with van der Waals surface area (Å²) in [6.07, 6.45) is 2.79. The van der Waals surface area contributed by atoms with Crippen LogP contribution in [0.3, 0.4) is 0 Å². The first-order valence-corrected chi connectivity index (χ1v) is 7.96. The van der Waals surface area contributed by atoms with E-state index < -0.39 is 10.0 Å². The lowest BCUT2D eigenvalue weighted by Crippen LogP contribution is -2.19. The lowest BCUT2D eigenvalue weighted by molar-refractivity contribution is 0.559. The van der Waals surface area contributed by atoms with Crippen molar-refractivity contribution in [2.45, 2.75) is 31.1 Å². The van der Waals surface area contributed by atoms with Crippen molar-refractivity contribution < 1.29 is 12.8 Å². The number of nitrogens with one attached hydrogen (secondary N) is 1. The van der Waals surface area contributed by atoms with Crippen LogP contribution in [0.15, 0.2) is 57.1 Å². The van der Waals surface area contributed by atoms with Crippen LogP contribution >= 0.6 is 0 Å². The van der Waals surface area contributed by atoms with Crippen molar-refractivity contribution in [3.8, 4) is 0 Å². The molecule has 0 saturated carbocycles. The molecule has 0 aliphatic carbocycles. The van der Waals surface area contributed by atoms with Crippen molar-refractivity contribution in [2.75, 3.05) is 0 Å². The van der Waals surface area contributed by atoms with Crippen LogP contribution in [0.5, 0.6) is 0 Å². The first-order valence-electron chi connectivity index (χ1n) is 6.48. The quantitative estimate of drug-likeness (QED) is 0.697. The van der Waals surface area contributed by atoms with Crippen molar-refractivity contribution in [2.24, 2.45) is 5.10 Å². The molecule has 1 heterocycles. The third-order valence-electron chi connectivity index (χ3n) is 2.94. The Bertz CT molecular complexity index is 709. The number of hydrogen-bond donors (Lipinski definition) is 1. The van der Waals surface area contributed by atoms with Gasteiger partial charge in [-0.05, 0) is 35.2 Å². The van der Waals surface area contributed by atoms with E-state index in [2.05, 4.69) is 30.7 Å². The molecule has 0 saturated heterocycles. The molecule has 0 aliphatic heterocycles. The Morgan fingerprint density at radius 3 is 2.33 bits per heavy atom. The Hall–Kier alpha value is -2.08. The number of benzene rings is 1. The smallest absolute Gasteiger partial charge is 0.276 e. The number of hydrazone groups is 1. The Kier molecular flexibility index (Phi) is 4.18. The first-order chi connectivity index (χ1) is 9.79. The molecule has 112 valence electrons. The van der Waals surface area contributed by atoms with Gasteiger partial charge in [0.1, 0.15) is 5.76 Å². The van der Waals surface area contributed by atoms with Gasteiger partial charge in [0, 0.05) is 0 Å². The van der Waals surface area contributed by atoms with Crippen LogP contribution in [0.25, 0.3) is 0 Å². The second-order valence-electron chi connectivity index (χ2n) is 5.64. The van der Waals surface area contributed by atoms with E-state index in [0.717, 1.165) is 5.56 Å². The maximum Gasteiger partial charge on any atom is 0.276 e. The highest BCUT2D eigenvalue weighted by Gasteiger charge is 2.16. The van der Waals surface area contributed by atoms with E-state index in [0.29, 0.717) is 5.76 Å². The van der Waals surface area contributed by atoms with E-state index in [1.807, 2.05) is 12.1 Å². The number of rotatable bonds is 4. The van der Waals surface area contributed by atoms with Crippen LogP contribution in [-0.2, 0) is 15.4 Å². The topological polar surface area (TPSA) is 71.7 Å². The predicted molar refractivity (Wildman–Crippen MR) is 81.8 cm³/mol.